The SMILES string of the molecule is C[C@@H](OC(=O)c1c[nH]c2ccccc12)C(=O)Nc1ccc(F)cc1F. The van der Waals surface area contributed by atoms with Gasteiger partial charge in [0.05, 0.1) is 11.3 Å². The molecule has 3 aromatic rings. The predicted molar refractivity (Wildman–Crippen MR) is 88.2 cm³/mol. The zero-order valence-electron chi connectivity index (χ0n) is 13.2. The van der Waals surface area contributed by atoms with Crippen LogP contribution >= 0.6 is 0 Å². The zero-order chi connectivity index (χ0) is 18.0. The molecule has 0 radical (unpaired) electrons. The Balaban J connectivity index is 1.69. The van der Waals surface area contributed by atoms with Gasteiger partial charge in [0.1, 0.15) is 11.6 Å². The van der Waals surface area contributed by atoms with Gasteiger partial charge in [-0.25, -0.2) is 13.6 Å². The molecule has 0 spiro atoms. The summed E-state index contributed by atoms with van der Waals surface area (Å²) in [5.74, 6) is -3.07. The fourth-order valence-corrected chi connectivity index (χ4v) is 2.34. The molecule has 25 heavy (non-hydrogen) atoms. The maximum absolute atomic E-state index is 13.6. The van der Waals surface area contributed by atoms with Gasteiger partial charge in [0, 0.05) is 23.2 Å². The summed E-state index contributed by atoms with van der Waals surface area (Å²) in [6, 6.07) is 9.92. The lowest BCUT2D eigenvalue weighted by Gasteiger charge is -2.13. The van der Waals surface area contributed by atoms with Gasteiger partial charge in [-0.3, -0.25) is 4.79 Å². The number of hydrogen-bond donors (Lipinski definition) is 2. The first-order valence-corrected chi connectivity index (χ1v) is 7.48. The summed E-state index contributed by atoms with van der Waals surface area (Å²) in [5.41, 5.74) is 0.865. The molecule has 0 fully saturated rings. The molecule has 1 atom stereocenters. The second-order valence-corrected chi connectivity index (χ2v) is 5.41. The van der Waals surface area contributed by atoms with Crippen LogP contribution in [0.25, 0.3) is 10.9 Å². The number of aromatic amines is 1. The molecule has 3 rings (SSSR count). The molecule has 1 amide bonds. The molecular formula is C18H14F2N2O3. The number of benzene rings is 2. The summed E-state index contributed by atoms with van der Waals surface area (Å²) in [5, 5.41) is 2.93. The van der Waals surface area contributed by atoms with Crippen molar-refractivity contribution in [3.8, 4) is 0 Å². The molecule has 0 saturated carbocycles. The monoisotopic (exact) mass is 344 g/mol. The van der Waals surface area contributed by atoms with Crippen molar-refractivity contribution in [3.63, 3.8) is 0 Å². The first-order chi connectivity index (χ1) is 12.0. The normalized spacial score (nSPS) is 12.0. The van der Waals surface area contributed by atoms with Crippen molar-refractivity contribution in [1.82, 2.24) is 4.98 Å². The van der Waals surface area contributed by atoms with Gasteiger partial charge in [-0.1, -0.05) is 18.2 Å². The minimum Gasteiger partial charge on any atom is -0.449 e. The lowest BCUT2D eigenvalue weighted by atomic mass is 10.2. The van der Waals surface area contributed by atoms with Gasteiger partial charge in [-0.2, -0.15) is 0 Å². The van der Waals surface area contributed by atoms with Crippen LogP contribution < -0.4 is 5.32 Å². The summed E-state index contributed by atoms with van der Waals surface area (Å²) >= 11 is 0. The summed E-state index contributed by atoms with van der Waals surface area (Å²) in [4.78, 5) is 27.3. The third-order valence-corrected chi connectivity index (χ3v) is 3.65. The van der Waals surface area contributed by atoms with E-state index in [1.165, 1.54) is 13.1 Å². The maximum atomic E-state index is 13.6. The van der Waals surface area contributed by atoms with Crippen LogP contribution in [0.5, 0.6) is 0 Å². The molecule has 0 saturated heterocycles. The van der Waals surface area contributed by atoms with E-state index in [-0.39, 0.29) is 5.69 Å². The molecule has 1 heterocycles. The highest BCUT2D eigenvalue weighted by atomic mass is 19.1. The van der Waals surface area contributed by atoms with Gasteiger partial charge in [-0.15, -0.1) is 0 Å². The predicted octanol–water partition coefficient (Wildman–Crippen LogP) is 3.63. The minimum absolute atomic E-state index is 0.193. The van der Waals surface area contributed by atoms with E-state index in [2.05, 4.69) is 10.3 Å². The molecule has 0 bridgehead atoms. The number of anilines is 1. The quantitative estimate of drug-likeness (QED) is 0.710. The van der Waals surface area contributed by atoms with Gasteiger partial charge in [0.2, 0.25) is 0 Å². The van der Waals surface area contributed by atoms with Crippen LogP contribution in [0.4, 0.5) is 14.5 Å². The number of ether oxygens (including phenoxy) is 1. The topological polar surface area (TPSA) is 71.2 Å². The van der Waals surface area contributed by atoms with E-state index in [1.807, 2.05) is 6.07 Å². The number of amides is 1. The van der Waals surface area contributed by atoms with Crippen molar-refractivity contribution in [2.24, 2.45) is 0 Å². The van der Waals surface area contributed by atoms with Crippen molar-refractivity contribution in [2.75, 3.05) is 5.32 Å². The molecule has 5 nitrogen and oxygen atoms in total. The molecule has 7 heteroatoms. The summed E-state index contributed by atoms with van der Waals surface area (Å²) in [7, 11) is 0. The average molecular weight is 344 g/mol. The number of nitrogens with one attached hydrogen (secondary N) is 2. The molecule has 0 aliphatic carbocycles. The third-order valence-electron chi connectivity index (χ3n) is 3.65. The van der Waals surface area contributed by atoms with Crippen molar-refractivity contribution in [3.05, 3.63) is 65.9 Å². The van der Waals surface area contributed by atoms with Crippen LogP contribution in [0.1, 0.15) is 17.3 Å². The van der Waals surface area contributed by atoms with Crippen molar-refractivity contribution >= 4 is 28.5 Å². The first-order valence-electron chi connectivity index (χ1n) is 7.48. The Morgan fingerprint density at radius 3 is 2.68 bits per heavy atom. The molecule has 2 N–H and O–H groups in total. The van der Waals surface area contributed by atoms with Crippen LogP contribution in [0.3, 0.4) is 0 Å². The van der Waals surface area contributed by atoms with E-state index in [0.717, 1.165) is 17.6 Å². The fourth-order valence-electron chi connectivity index (χ4n) is 2.34. The number of para-hydroxylation sites is 1. The van der Waals surface area contributed by atoms with E-state index in [0.29, 0.717) is 17.0 Å². The number of fused-ring (bicyclic) bond motifs is 1. The highest BCUT2D eigenvalue weighted by Crippen LogP contribution is 2.20. The van der Waals surface area contributed by atoms with E-state index >= 15 is 0 Å². The Kier molecular flexibility index (Phi) is 4.47. The lowest BCUT2D eigenvalue weighted by molar-refractivity contribution is -0.123. The Morgan fingerprint density at radius 2 is 1.92 bits per heavy atom. The number of H-pyrrole nitrogens is 1. The van der Waals surface area contributed by atoms with Crippen LogP contribution in [0.2, 0.25) is 0 Å². The van der Waals surface area contributed by atoms with Crippen LogP contribution in [-0.2, 0) is 9.53 Å². The molecular weight excluding hydrogens is 330 g/mol. The number of carbonyl (C=O) groups excluding carboxylic acids is 2. The van der Waals surface area contributed by atoms with Crippen molar-refractivity contribution in [2.45, 2.75) is 13.0 Å². The second-order valence-electron chi connectivity index (χ2n) is 5.41. The fraction of sp³-hybridized carbons (Fsp3) is 0.111. The number of rotatable bonds is 4. The number of halogens is 2. The van der Waals surface area contributed by atoms with E-state index < -0.39 is 29.6 Å². The maximum Gasteiger partial charge on any atom is 0.341 e. The Morgan fingerprint density at radius 1 is 1.16 bits per heavy atom. The van der Waals surface area contributed by atoms with Gasteiger partial charge < -0.3 is 15.0 Å². The van der Waals surface area contributed by atoms with Gasteiger partial charge in [-0.05, 0) is 25.1 Å². The van der Waals surface area contributed by atoms with E-state index in [1.54, 1.807) is 18.2 Å². The van der Waals surface area contributed by atoms with Crippen LogP contribution in [0.15, 0.2) is 48.7 Å². The molecule has 0 aliphatic heterocycles. The van der Waals surface area contributed by atoms with E-state index in [4.69, 9.17) is 4.74 Å². The van der Waals surface area contributed by atoms with Crippen LogP contribution in [0, 0.1) is 11.6 Å². The van der Waals surface area contributed by atoms with Crippen molar-refractivity contribution < 1.29 is 23.1 Å². The number of esters is 1. The molecule has 2 aromatic carbocycles. The van der Waals surface area contributed by atoms with Gasteiger partial charge in [0.15, 0.2) is 6.10 Å². The zero-order valence-corrected chi connectivity index (χ0v) is 13.2. The molecule has 1 aromatic heterocycles. The number of aromatic nitrogens is 1. The number of carbonyl (C=O) groups is 2. The largest absolute Gasteiger partial charge is 0.449 e. The van der Waals surface area contributed by atoms with Crippen LogP contribution in [-0.4, -0.2) is 23.0 Å². The van der Waals surface area contributed by atoms with Crippen molar-refractivity contribution in [1.29, 1.82) is 0 Å². The Hall–Kier alpha value is -3.22. The minimum atomic E-state index is -1.16. The van der Waals surface area contributed by atoms with E-state index in [9.17, 15) is 18.4 Å². The van der Waals surface area contributed by atoms with Gasteiger partial charge >= 0.3 is 5.97 Å². The third kappa shape index (κ3) is 3.50. The Bertz CT molecular complexity index is 952. The molecule has 128 valence electrons. The highest BCUT2D eigenvalue weighted by Gasteiger charge is 2.22. The molecule has 0 aliphatic rings. The highest BCUT2D eigenvalue weighted by molar-refractivity contribution is 6.05. The summed E-state index contributed by atoms with van der Waals surface area (Å²) in [6.07, 6.45) is 0.336. The lowest BCUT2D eigenvalue weighted by Crippen LogP contribution is -2.30. The second kappa shape index (κ2) is 6.72. The average Bonchev–Trinajstić information content (AvgIpc) is 3.01. The number of hydrogen-bond acceptors (Lipinski definition) is 3. The van der Waals surface area contributed by atoms with Gasteiger partial charge in [0.25, 0.3) is 5.91 Å². The summed E-state index contributed by atoms with van der Waals surface area (Å²) in [6.45, 7) is 1.36. The Labute approximate surface area is 141 Å². The first kappa shape index (κ1) is 16.6. The smallest absolute Gasteiger partial charge is 0.341 e. The molecule has 0 unspecified atom stereocenters. The standard InChI is InChI=1S/C18H14F2N2O3/c1-10(17(23)22-16-7-6-11(19)8-14(16)20)25-18(24)13-9-21-15-5-3-2-4-12(13)15/h2-10,21H,1H3,(H,22,23)/t10-/m1/s1. The summed E-state index contributed by atoms with van der Waals surface area (Å²) < 4.78 is 31.6.